The predicted octanol–water partition coefficient (Wildman–Crippen LogP) is 4.49. The standard InChI is InChI=1S/C18H17ClN4O3S2/c19-14-8-13-16(27-14)28(26,22-17(24)20-13)23-18(25)21-15-11-5-1-3-9(11)7-10-4-2-6-12(10)15/h7-8H,1-6H2,(H3,20,21,22,23,24,25,26). The van der Waals surface area contributed by atoms with E-state index in [1.54, 1.807) is 0 Å². The van der Waals surface area contributed by atoms with Gasteiger partial charge in [0, 0.05) is 5.69 Å². The number of hydrogen-bond donors (Lipinski definition) is 3. The first-order chi connectivity index (χ1) is 13.4. The number of thiophene rings is 1. The van der Waals surface area contributed by atoms with Gasteiger partial charge >= 0.3 is 12.1 Å². The minimum absolute atomic E-state index is 0.246. The molecule has 3 N–H and O–H groups in total. The van der Waals surface area contributed by atoms with Gasteiger partial charge < -0.3 is 10.6 Å². The van der Waals surface area contributed by atoms with Crippen molar-refractivity contribution in [2.75, 3.05) is 10.6 Å². The third-order valence-corrected chi connectivity index (χ3v) is 8.91. The number of fused-ring (bicyclic) bond motifs is 3. The quantitative estimate of drug-likeness (QED) is 0.614. The number of nitrogens with zero attached hydrogens (tertiary/aromatic N) is 1. The molecule has 1 aromatic carbocycles. The number of carbonyl (C=O) groups excluding carboxylic acids is 2. The van der Waals surface area contributed by atoms with Gasteiger partial charge in [-0.15, -0.1) is 15.7 Å². The topological polar surface area (TPSA) is 99.7 Å². The third-order valence-electron chi connectivity index (χ3n) is 5.31. The minimum Gasteiger partial charge on any atom is -0.305 e. The number of nitrogens with one attached hydrogen (secondary N) is 3. The van der Waals surface area contributed by atoms with E-state index in [0.29, 0.717) is 10.0 Å². The van der Waals surface area contributed by atoms with Gasteiger partial charge in [0.1, 0.15) is 4.21 Å². The molecule has 2 aliphatic carbocycles. The van der Waals surface area contributed by atoms with Crippen molar-refractivity contribution in [1.29, 1.82) is 0 Å². The summed E-state index contributed by atoms with van der Waals surface area (Å²) >= 11 is 7.02. The number of urea groups is 2. The number of carbonyl (C=O) groups is 2. The van der Waals surface area contributed by atoms with Gasteiger partial charge in [0.15, 0.2) is 9.92 Å². The van der Waals surface area contributed by atoms with Crippen molar-refractivity contribution in [2.24, 2.45) is 4.36 Å². The summed E-state index contributed by atoms with van der Waals surface area (Å²) < 4.78 is 20.0. The van der Waals surface area contributed by atoms with Crippen molar-refractivity contribution in [1.82, 2.24) is 4.72 Å². The van der Waals surface area contributed by atoms with Gasteiger partial charge in [-0.2, -0.15) is 0 Å². The maximum Gasteiger partial charge on any atom is 0.355 e. The molecule has 2 aromatic rings. The van der Waals surface area contributed by atoms with Crippen LogP contribution >= 0.6 is 22.9 Å². The molecule has 0 bridgehead atoms. The lowest BCUT2D eigenvalue weighted by Crippen LogP contribution is -2.39. The van der Waals surface area contributed by atoms with Crippen LogP contribution in [0.3, 0.4) is 0 Å². The fourth-order valence-corrected chi connectivity index (χ4v) is 7.46. The van der Waals surface area contributed by atoms with E-state index in [1.165, 1.54) is 17.2 Å². The minimum atomic E-state index is -3.44. The first kappa shape index (κ1) is 18.0. The number of halogens is 1. The Hall–Kier alpha value is -2.10. The number of hydrogen-bond acceptors (Lipinski definition) is 4. The molecule has 0 spiro atoms. The largest absolute Gasteiger partial charge is 0.355 e. The Balaban J connectivity index is 1.55. The molecular weight excluding hydrogens is 420 g/mol. The molecule has 146 valence electrons. The average molecular weight is 437 g/mol. The van der Waals surface area contributed by atoms with E-state index in [2.05, 4.69) is 25.8 Å². The predicted molar refractivity (Wildman–Crippen MR) is 110 cm³/mol. The van der Waals surface area contributed by atoms with Crippen LogP contribution in [0.25, 0.3) is 0 Å². The molecule has 1 aromatic heterocycles. The Morgan fingerprint density at radius 1 is 1.14 bits per heavy atom. The maximum absolute atomic E-state index is 13.3. The lowest BCUT2D eigenvalue weighted by Gasteiger charge is -2.19. The highest BCUT2D eigenvalue weighted by atomic mass is 35.5. The van der Waals surface area contributed by atoms with Crippen molar-refractivity contribution in [2.45, 2.75) is 42.7 Å². The highest BCUT2D eigenvalue weighted by Gasteiger charge is 2.31. The molecular formula is C18H17ClN4O3S2. The van der Waals surface area contributed by atoms with E-state index in [1.807, 2.05) is 0 Å². The van der Waals surface area contributed by atoms with Crippen molar-refractivity contribution in [3.05, 3.63) is 38.7 Å². The summed E-state index contributed by atoms with van der Waals surface area (Å²) in [6.07, 6.45) is 5.98. The molecule has 28 heavy (non-hydrogen) atoms. The summed E-state index contributed by atoms with van der Waals surface area (Å²) in [5.41, 5.74) is 6.03. The first-order valence-corrected chi connectivity index (χ1v) is 11.8. The second-order valence-electron chi connectivity index (χ2n) is 7.09. The van der Waals surface area contributed by atoms with Gasteiger partial charge in [0.05, 0.1) is 10.0 Å². The fraction of sp³-hybridized carbons (Fsp3) is 0.333. The van der Waals surface area contributed by atoms with E-state index >= 15 is 0 Å². The smallest absolute Gasteiger partial charge is 0.305 e. The normalized spacial score (nSPS) is 22.0. The molecule has 4 amide bonds. The van der Waals surface area contributed by atoms with E-state index in [4.69, 9.17) is 11.6 Å². The van der Waals surface area contributed by atoms with Crippen LogP contribution in [0.2, 0.25) is 4.34 Å². The monoisotopic (exact) mass is 436 g/mol. The van der Waals surface area contributed by atoms with Gasteiger partial charge in [0.2, 0.25) is 0 Å². The van der Waals surface area contributed by atoms with Crippen molar-refractivity contribution < 1.29 is 13.8 Å². The number of anilines is 2. The molecule has 2 heterocycles. The molecule has 10 heteroatoms. The molecule has 0 saturated carbocycles. The SMILES string of the molecule is O=C(N=S1(=O)NC(=O)Nc2cc(Cl)sc21)Nc1c2c(cc3c1CCC3)CCC2. The van der Waals surface area contributed by atoms with E-state index < -0.39 is 22.0 Å². The van der Waals surface area contributed by atoms with Crippen LogP contribution in [0.4, 0.5) is 21.0 Å². The van der Waals surface area contributed by atoms with Crippen LogP contribution in [0.5, 0.6) is 0 Å². The fourth-order valence-electron chi connectivity index (χ4n) is 4.24. The highest BCUT2D eigenvalue weighted by molar-refractivity contribution is 7.95. The Labute approximate surface area is 171 Å². The Bertz CT molecular complexity index is 1130. The third kappa shape index (κ3) is 2.89. The molecule has 0 fully saturated rings. The van der Waals surface area contributed by atoms with E-state index in [9.17, 15) is 13.8 Å². The number of rotatable bonds is 1. The average Bonchev–Trinajstić information content (AvgIpc) is 3.32. The molecule has 0 radical (unpaired) electrons. The zero-order valence-electron chi connectivity index (χ0n) is 14.8. The van der Waals surface area contributed by atoms with Crippen molar-refractivity contribution in [3.8, 4) is 0 Å². The Morgan fingerprint density at radius 2 is 1.82 bits per heavy atom. The van der Waals surface area contributed by atoms with Crippen molar-refractivity contribution >= 4 is 56.3 Å². The van der Waals surface area contributed by atoms with E-state index in [0.717, 1.165) is 66.7 Å². The molecule has 1 unspecified atom stereocenters. The second kappa shape index (κ2) is 6.47. The van der Waals surface area contributed by atoms with Crippen LogP contribution in [0, 0.1) is 0 Å². The van der Waals surface area contributed by atoms with Crippen LogP contribution in [0.1, 0.15) is 35.1 Å². The summed E-state index contributed by atoms with van der Waals surface area (Å²) in [6, 6.07) is 2.37. The molecule has 1 atom stereocenters. The van der Waals surface area contributed by atoms with E-state index in [-0.39, 0.29) is 4.21 Å². The summed E-state index contributed by atoms with van der Waals surface area (Å²) in [6.45, 7) is 0. The highest BCUT2D eigenvalue weighted by Crippen LogP contribution is 2.40. The van der Waals surface area contributed by atoms with Gasteiger partial charge in [-0.25, -0.2) is 18.5 Å². The summed E-state index contributed by atoms with van der Waals surface area (Å²) in [5.74, 6) is 0. The molecule has 5 rings (SSSR count). The lowest BCUT2D eigenvalue weighted by atomic mass is 9.99. The van der Waals surface area contributed by atoms with Crippen LogP contribution in [-0.2, 0) is 35.6 Å². The Morgan fingerprint density at radius 3 is 2.50 bits per heavy atom. The van der Waals surface area contributed by atoms with Crippen LogP contribution < -0.4 is 15.4 Å². The molecule has 3 aliphatic rings. The molecule has 1 aliphatic heterocycles. The second-order valence-corrected chi connectivity index (χ2v) is 10.9. The first-order valence-electron chi connectivity index (χ1n) is 9.06. The lowest BCUT2D eigenvalue weighted by molar-refractivity contribution is 0.256. The number of benzene rings is 1. The molecule has 0 saturated heterocycles. The summed E-state index contributed by atoms with van der Waals surface area (Å²) in [4.78, 5) is 24.6. The van der Waals surface area contributed by atoms with Crippen molar-refractivity contribution in [3.63, 3.8) is 0 Å². The molecule has 7 nitrogen and oxygen atoms in total. The van der Waals surface area contributed by atoms with Crippen LogP contribution in [0.15, 0.2) is 20.7 Å². The zero-order valence-corrected chi connectivity index (χ0v) is 17.2. The Kier molecular flexibility index (Phi) is 4.15. The summed E-state index contributed by atoms with van der Waals surface area (Å²) in [5, 5.41) is 5.41. The summed E-state index contributed by atoms with van der Waals surface area (Å²) in [7, 11) is -3.44. The number of aryl methyl sites for hydroxylation is 2. The van der Waals surface area contributed by atoms with Gasteiger partial charge in [-0.1, -0.05) is 17.7 Å². The van der Waals surface area contributed by atoms with Gasteiger partial charge in [-0.05, 0) is 66.8 Å². The van der Waals surface area contributed by atoms with Gasteiger partial charge in [-0.3, -0.25) is 0 Å². The van der Waals surface area contributed by atoms with Gasteiger partial charge in [0.25, 0.3) is 0 Å². The zero-order chi connectivity index (χ0) is 19.5. The number of amides is 4. The maximum atomic E-state index is 13.3. The van der Waals surface area contributed by atoms with Crippen LogP contribution in [-0.4, -0.2) is 16.3 Å².